The monoisotopic (exact) mass is 282 g/mol. The molecule has 2 atom stereocenters. The summed E-state index contributed by atoms with van der Waals surface area (Å²) in [7, 11) is 0. The highest BCUT2D eigenvalue weighted by atomic mass is 32.2. The van der Waals surface area contributed by atoms with Crippen molar-refractivity contribution in [2.24, 2.45) is 5.73 Å². The van der Waals surface area contributed by atoms with Crippen molar-refractivity contribution in [2.75, 3.05) is 18.6 Å². The van der Waals surface area contributed by atoms with Crippen molar-refractivity contribution in [3.63, 3.8) is 0 Å². The first-order valence-corrected chi connectivity index (χ1v) is 7.77. The van der Waals surface area contributed by atoms with E-state index in [4.69, 9.17) is 5.73 Å². The zero-order valence-corrected chi connectivity index (χ0v) is 12.0. The van der Waals surface area contributed by atoms with Gasteiger partial charge in [0.15, 0.2) is 0 Å². The molecule has 0 saturated heterocycles. The second-order valence-electron chi connectivity index (χ2n) is 4.48. The zero-order chi connectivity index (χ0) is 14.1. The van der Waals surface area contributed by atoms with E-state index in [9.17, 15) is 9.90 Å². The lowest BCUT2D eigenvalue weighted by molar-refractivity contribution is -0.122. The third-order valence-corrected chi connectivity index (χ3v) is 3.44. The molecule has 19 heavy (non-hydrogen) atoms. The Hall–Kier alpha value is -1.04. The van der Waals surface area contributed by atoms with Crippen LogP contribution in [0.15, 0.2) is 30.3 Å². The number of benzene rings is 1. The van der Waals surface area contributed by atoms with E-state index in [0.29, 0.717) is 12.8 Å². The number of aliphatic hydroxyl groups is 1. The number of carbonyl (C=O) groups excluding carboxylic acids is 1. The fraction of sp³-hybridized carbons (Fsp3) is 0.500. The molecule has 4 N–H and O–H groups in total. The Kier molecular flexibility index (Phi) is 7.55. The standard InChI is InChI=1S/C14H22N2O2S/c1-19-8-7-13(15)14(18)16-10-12(17)9-11-5-3-2-4-6-11/h2-6,12-13,17H,7-10,15H2,1H3,(H,16,18)/t12?,13-/m0/s1. The van der Waals surface area contributed by atoms with Crippen molar-refractivity contribution in [2.45, 2.75) is 25.0 Å². The number of amides is 1. The van der Waals surface area contributed by atoms with Gasteiger partial charge in [0.25, 0.3) is 0 Å². The summed E-state index contributed by atoms with van der Waals surface area (Å²) in [4.78, 5) is 11.6. The van der Waals surface area contributed by atoms with E-state index >= 15 is 0 Å². The first-order chi connectivity index (χ1) is 9.13. The largest absolute Gasteiger partial charge is 0.391 e. The predicted molar refractivity (Wildman–Crippen MR) is 80.1 cm³/mol. The normalized spacial score (nSPS) is 13.8. The molecule has 0 radical (unpaired) electrons. The number of hydrogen-bond donors (Lipinski definition) is 3. The minimum absolute atomic E-state index is 0.193. The van der Waals surface area contributed by atoms with E-state index in [2.05, 4.69) is 5.32 Å². The van der Waals surface area contributed by atoms with Gasteiger partial charge in [0.2, 0.25) is 5.91 Å². The van der Waals surface area contributed by atoms with Crippen LogP contribution in [0.1, 0.15) is 12.0 Å². The van der Waals surface area contributed by atoms with Crippen LogP contribution in [0, 0.1) is 0 Å². The Balaban J connectivity index is 2.26. The molecule has 1 aromatic rings. The fourth-order valence-electron chi connectivity index (χ4n) is 1.68. The molecule has 1 amide bonds. The third-order valence-electron chi connectivity index (χ3n) is 2.80. The van der Waals surface area contributed by atoms with E-state index in [-0.39, 0.29) is 12.5 Å². The van der Waals surface area contributed by atoms with Crippen molar-refractivity contribution in [1.82, 2.24) is 5.32 Å². The number of aliphatic hydroxyl groups excluding tert-OH is 1. The molecule has 5 heteroatoms. The van der Waals surface area contributed by atoms with E-state index < -0.39 is 12.1 Å². The summed E-state index contributed by atoms with van der Waals surface area (Å²) >= 11 is 1.66. The summed E-state index contributed by atoms with van der Waals surface area (Å²) in [6.45, 7) is 0.237. The van der Waals surface area contributed by atoms with Gasteiger partial charge in [-0.25, -0.2) is 0 Å². The minimum Gasteiger partial charge on any atom is -0.391 e. The predicted octanol–water partition coefficient (Wildman–Crippen LogP) is 0.787. The zero-order valence-electron chi connectivity index (χ0n) is 11.2. The first-order valence-electron chi connectivity index (χ1n) is 6.37. The maximum absolute atomic E-state index is 11.6. The lowest BCUT2D eigenvalue weighted by Crippen LogP contribution is -2.44. The number of nitrogens with two attached hydrogens (primary N) is 1. The molecule has 0 heterocycles. The van der Waals surface area contributed by atoms with E-state index in [1.54, 1.807) is 11.8 Å². The van der Waals surface area contributed by atoms with Crippen LogP contribution < -0.4 is 11.1 Å². The first kappa shape index (κ1) is 16.0. The van der Waals surface area contributed by atoms with Gasteiger partial charge in [-0.2, -0.15) is 11.8 Å². The van der Waals surface area contributed by atoms with Gasteiger partial charge in [-0.1, -0.05) is 30.3 Å². The highest BCUT2D eigenvalue weighted by Gasteiger charge is 2.14. The van der Waals surface area contributed by atoms with Crippen molar-refractivity contribution in [1.29, 1.82) is 0 Å². The third kappa shape index (κ3) is 6.61. The van der Waals surface area contributed by atoms with Crippen molar-refractivity contribution in [3.8, 4) is 0 Å². The van der Waals surface area contributed by atoms with Crippen LogP contribution in [0.25, 0.3) is 0 Å². The average Bonchev–Trinajstić information content (AvgIpc) is 2.43. The van der Waals surface area contributed by atoms with Gasteiger partial charge in [-0.05, 0) is 24.0 Å². The molecular weight excluding hydrogens is 260 g/mol. The summed E-state index contributed by atoms with van der Waals surface area (Å²) in [6, 6.07) is 9.21. The van der Waals surface area contributed by atoms with Gasteiger partial charge in [-0.3, -0.25) is 4.79 Å². The van der Waals surface area contributed by atoms with E-state index in [0.717, 1.165) is 11.3 Å². The summed E-state index contributed by atoms with van der Waals surface area (Å²) in [5, 5.41) is 12.5. The topological polar surface area (TPSA) is 75.4 Å². The second-order valence-corrected chi connectivity index (χ2v) is 5.46. The van der Waals surface area contributed by atoms with Gasteiger partial charge in [0.05, 0.1) is 12.1 Å². The van der Waals surface area contributed by atoms with Gasteiger partial charge >= 0.3 is 0 Å². The van der Waals surface area contributed by atoms with Gasteiger partial charge in [0, 0.05) is 13.0 Å². The highest BCUT2D eigenvalue weighted by molar-refractivity contribution is 7.98. The lowest BCUT2D eigenvalue weighted by atomic mass is 10.1. The summed E-state index contributed by atoms with van der Waals surface area (Å²) in [5.41, 5.74) is 6.79. The SMILES string of the molecule is CSCC[C@H](N)C(=O)NCC(O)Cc1ccccc1. The minimum atomic E-state index is -0.584. The summed E-state index contributed by atoms with van der Waals surface area (Å²) in [6.07, 6.45) is 2.58. The molecule has 0 aromatic heterocycles. The van der Waals surface area contributed by atoms with Gasteiger partial charge < -0.3 is 16.2 Å². The Morgan fingerprint density at radius 2 is 2.11 bits per heavy atom. The number of carbonyl (C=O) groups is 1. The van der Waals surface area contributed by atoms with Crippen LogP contribution in [0.2, 0.25) is 0 Å². The molecule has 0 aliphatic rings. The Labute approximate surface area is 118 Å². The molecule has 1 unspecified atom stereocenters. The quantitative estimate of drug-likeness (QED) is 0.659. The molecule has 0 saturated carbocycles. The van der Waals surface area contributed by atoms with Crippen LogP contribution in [0.3, 0.4) is 0 Å². The average molecular weight is 282 g/mol. The van der Waals surface area contributed by atoms with Crippen molar-refractivity contribution >= 4 is 17.7 Å². The molecule has 0 aliphatic heterocycles. The highest BCUT2D eigenvalue weighted by Crippen LogP contribution is 2.03. The Morgan fingerprint density at radius 1 is 1.42 bits per heavy atom. The number of rotatable bonds is 8. The van der Waals surface area contributed by atoms with Gasteiger partial charge in [-0.15, -0.1) is 0 Å². The maximum atomic E-state index is 11.6. The summed E-state index contributed by atoms with van der Waals surface area (Å²) in [5.74, 6) is 0.669. The molecule has 0 aliphatic carbocycles. The Morgan fingerprint density at radius 3 is 2.74 bits per heavy atom. The smallest absolute Gasteiger partial charge is 0.237 e. The fourth-order valence-corrected chi connectivity index (χ4v) is 2.17. The van der Waals surface area contributed by atoms with Crippen LogP contribution in [0.5, 0.6) is 0 Å². The van der Waals surface area contributed by atoms with Crippen molar-refractivity contribution < 1.29 is 9.90 Å². The molecule has 0 bridgehead atoms. The van der Waals surface area contributed by atoms with Crippen molar-refractivity contribution in [3.05, 3.63) is 35.9 Å². The molecule has 4 nitrogen and oxygen atoms in total. The maximum Gasteiger partial charge on any atom is 0.237 e. The second kappa shape index (κ2) is 8.96. The molecule has 0 spiro atoms. The van der Waals surface area contributed by atoms with Crippen LogP contribution in [0.4, 0.5) is 0 Å². The van der Waals surface area contributed by atoms with Crippen LogP contribution in [-0.4, -0.2) is 41.7 Å². The molecule has 1 aromatic carbocycles. The summed E-state index contributed by atoms with van der Waals surface area (Å²) < 4.78 is 0. The number of nitrogens with one attached hydrogen (secondary N) is 1. The lowest BCUT2D eigenvalue weighted by Gasteiger charge is -2.15. The number of hydrogen-bond acceptors (Lipinski definition) is 4. The Bertz CT molecular complexity index is 373. The van der Waals surface area contributed by atoms with E-state index in [1.807, 2.05) is 36.6 Å². The van der Waals surface area contributed by atoms with Crippen LogP contribution >= 0.6 is 11.8 Å². The van der Waals surface area contributed by atoms with Crippen LogP contribution in [-0.2, 0) is 11.2 Å². The van der Waals surface area contributed by atoms with Gasteiger partial charge in [0.1, 0.15) is 0 Å². The number of thioether (sulfide) groups is 1. The molecular formula is C14H22N2O2S. The molecule has 0 fully saturated rings. The molecule has 1 rings (SSSR count). The van der Waals surface area contributed by atoms with E-state index in [1.165, 1.54) is 0 Å². The molecule has 106 valence electrons.